The summed E-state index contributed by atoms with van der Waals surface area (Å²) < 4.78 is 0.868. The summed E-state index contributed by atoms with van der Waals surface area (Å²) in [7, 11) is 0. The molecule has 2 atom stereocenters. The number of anilines is 1. The maximum Gasteiger partial charge on any atom is 0.103 e. The van der Waals surface area contributed by atoms with Crippen LogP contribution in [0.5, 0.6) is 0 Å². The summed E-state index contributed by atoms with van der Waals surface area (Å²) in [6.07, 6.45) is 5.34. The van der Waals surface area contributed by atoms with Crippen molar-refractivity contribution in [3.63, 3.8) is 0 Å². The van der Waals surface area contributed by atoms with Crippen LogP contribution >= 0.6 is 15.9 Å². The molecule has 0 aromatic heterocycles. The minimum absolute atomic E-state index is 0.710. The van der Waals surface area contributed by atoms with Gasteiger partial charge in [-0.15, -0.1) is 0 Å². The summed E-state index contributed by atoms with van der Waals surface area (Å²) in [5, 5.41) is 12.6. The summed E-state index contributed by atoms with van der Waals surface area (Å²) in [6.45, 7) is 3.32. The third-order valence-electron chi connectivity index (χ3n) is 3.75. The minimum Gasteiger partial charge on any atom is -0.384 e. The minimum atomic E-state index is 0.710. The molecule has 0 radical (unpaired) electrons. The molecule has 1 aromatic rings. The first kappa shape index (κ1) is 13.4. The Morgan fingerprint density at radius 2 is 2.28 bits per heavy atom. The smallest absolute Gasteiger partial charge is 0.103 e. The first-order chi connectivity index (χ1) is 8.70. The van der Waals surface area contributed by atoms with E-state index in [1.807, 2.05) is 18.2 Å². The van der Waals surface area contributed by atoms with E-state index >= 15 is 0 Å². The van der Waals surface area contributed by atoms with Gasteiger partial charge in [-0.05, 0) is 52.7 Å². The highest BCUT2D eigenvalue weighted by atomic mass is 79.9. The van der Waals surface area contributed by atoms with Crippen LogP contribution in [0.3, 0.4) is 0 Å². The van der Waals surface area contributed by atoms with Crippen molar-refractivity contribution in [1.29, 1.82) is 5.26 Å². The van der Waals surface area contributed by atoms with Crippen LogP contribution in [0.4, 0.5) is 5.69 Å². The second-order valence-electron chi connectivity index (χ2n) is 5.29. The van der Waals surface area contributed by atoms with Crippen LogP contribution in [0.15, 0.2) is 22.7 Å². The van der Waals surface area contributed by atoms with Gasteiger partial charge in [0.25, 0.3) is 0 Å². The molecular weight excluding hydrogens is 288 g/mol. The van der Waals surface area contributed by atoms with E-state index in [9.17, 15) is 0 Å². The lowest BCUT2D eigenvalue weighted by Gasteiger charge is -2.27. The summed E-state index contributed by atoms with van der Waals surface area (Å²) in [5.74, 6) is 1.60. The largest absolute Gasteiger partial charge is 0.384 e. The average Bonchev–Trinajstić information content (AvgIpc) is 2.36. The normalized spacial score (nSPS) is 23.4. The highest BCUT2D eigenvalue weighted by molar-refractivity contribution is 9.10. The number of nitrogens with zero attached hydrogens (tertiary/aromatic N) is 1. The van der Waals surface area contributed by atoms with Crippen molar-refractivity contribution in [2.24, 2.45) is 11.8 Å². The van der Waals surface area contributed by atoms with E-state index in [-0.39, 0.29) is 0 Å². The van der Waals surface area contributed by atoms with Crippen LogP contribution in [0.1, 0.15) is 38.2 Å². The van der Waals surface area contributed by atoms with Gasteiger partial charge in [0.2, 0.25) is 0 Å². The van der Waals surface area contributed by atoms with Crippen molar-refractivity contribution >= 4 is 21.6 Å². The second kappa shape index (κ2) is 6.24. The maximum atomic E-state index is 9.16. The fourth-order valence-electron chi connectivity index (χ4n) is 2.78. The molecule has 2 nitrogen and oxygen atoms in total. The zero-order chi connectivity index (χ0) is 13.0. The van der Waals surface area contributed by atoms with Gasteiger partial charge in [0.05, 0.1) is 11.3 Å². The fourth-order valence-corrected chi connectivity index (χ4v) is 3.24. The number of hydrogen-bond acceptors (Lipinski definition) is 2. The van der Waals surface area contributed by atoms with Crippen LogP contribution in [0.2, 0.25) is 0 Å². The molecule has 0 aliphatic heterocycles. The van der Waals surface area contributed by atoms with Crippen LogP contribution in [0.25, 0.3) is 0 Å². The number of nitriles is 1. The predicted octanol–water partition coefficient (Wildman–Crippen LogP) is 4.56. The molecule has 1 saturated carbocycles. The van der Waals surface area contributed by atoms with E-state index in [1.54, 1.807) is 0 Å². The van der Waals surface area contributed by atoms with Gasteiger partial charge in [-0.2, -0.15) is 5.26 Å². The monoisotopic (exact) mass is 306 g/mol. The standard InChI is InChI=1S/C15H19BrN2/c1-11-4-2-5-12(8-11)10-18-15-7-3-6-14(16)13(15)9-17/h3,6-7,11-12,18H,2,4-5,8,10H2,1H3. The van der Waals surface area contributed by atoms with Crippen LogP contribution < -0.4 is 5.32 Å². The predicted molar refractivity (Wildman–Crippen MR) is 78.5 cm³/mol. The topological polar surface area (TPSA) is 35.8 Å². The molecule has 1 aromatic carbocycles. The number of benzene rings is 1. The molecule has 0 heterocycles. The van der Waals surface area contributed by atoms with Gasteiger partial charge in [0.1, 0.15) is 6.07 Å². The van der Waals surface area contributed by atoms with Gasteiger partial charge in [-0.1, -0.05) is 25.8 Å². The molecule has 1 N–H and O–H groups in total. The molecule has 2 rings (SSSR count). The molecule has 0 bridgehead atoms. The van der Waals surface area contributed by atoms with Crippen molar-refractivity contribution in [1.82, 2.24) is 0 Å². The van der Waals surface area contributed by atoms with Crippen molar-refractivity contribution in [3.8, 4) is 6.07 Å². The van der Waals surface area contributed by atoms with Gasteiger partial charge in [-0.3, -0.25) is 0 Å². The van der Waals surface area contributed by atoms with E-state index in [2.05, 4.69) is 34.2 Å². The Hall–Kier alpha value is -1.01. The van der Waals surface area contributed by atoms with E-state index in [4.69, 9.17) is 5.26 Å². The average molecular weight is 307 g/mol. The SMILES string of the molecule is CC1CCCC(CNc2cccc(Br)c2C#N)C1. The Labute approximate surface area is 118 Å². The van der Waals surface area contributed by atoms with E-state index in [0.717, 1.165) is 28.5 Å². The summed E-state index contributed by atoms with van der Waals surface area (Å²) >= 11 is 3.42. The number of rotatable bonds is 3. The molecule has 0 spiro atoms. The lowest BCUT2D eigenvalue weighted by molar-refractivity contribution is 0.293. The third kappa shape index (κ3) is 3.26. The summed E-state index contributed by atoms with van der Waals surface area (Å²) in [6, 6.07) is 8.11. The maximum absolute atomic E-state index is 9.16. The Bertz CT molecular complexity index is 450. The first-order valence-electron chi connectivity index (χ1n) is 6.63. The summed E-state index contributed by atoms with van der Waals surface area (Å²) in [4.78, 5) is 0. The van der Waals surface area contributed by atoms with Crippen molar-refractivity contribution < 1.29 is 0 Å². The lowest BCUT2D eigenvalue weighted by atomic mass is 9.82. The second-order valence-corrected chi connectivity index (χ2v) is 6.15. The van der Waals surface area contributed by atoms with E-state index in [1.165, 1.54) is 25.7 Å². The highest BCUT2D eigenvalue weighted by Gasteiger charge is 2.18. The first-order valence-corrected chi connectivity index (χ1v) is 7.42. The number of nitrogens with one attached hydrogen (secondary N) is 1. The Morgan fingerprint density at radius 3 is 3.00 bits per heavy atom. The van der Waals surface area contributed by atoms with Gasteiger partial charge >= 0.3 is 0 Å². The van der Waals surface area contributed by atoms with Crippen LogP contribution in [-0.2, 0) is 0 Å². The molecule has 2 unspecified atom stereocenters. The molecule has 1 fully saturated rings. The molecular formula is C15H19BrN2. The molecule has 0 amide bonds. The van der Waals surface area contributed by atoms with Crippen LogP contribution in [-0.4, -0.2) is 6.54 Å². The highest BCUT2D eigenvalue weighted by Crippen LogP contribution is 2.30. The Balaban J connectivity index is 1.98. The third-order valence-corrected chi connectivity index (χ3v) is 4.41. The molecule has 3 heteroatoms. The van der Waals surface area contributed by atoms with E-state index in [0.29, 0.717) is 5.56 Å². The van der Waals surface area contributed by atoms with E-state index < -0.39 is 0 Å². The number of hydrogen-bond donors (Lipinski definition) is 1. The molecule has 1 aliphatic rings. The van der Waals surface area contributed by atoms with Gasteiger partial charge in [0, 0.05) is 11.0 Å². The van der Waals surface area contributed by atoms with Gasteiger partial charge in [0.15, 0.2) is 0 Å². The van der Waals surface area contributed by atoms with Gasteiger partial charge in [-0.25, -0.2) is 0 Å². The molecule has 0 saturated heterocycles. The number of halogens is 1. The van der Waals surface area contributed by atoms with Crippen molar-refractivity contribution in [3.05, 3.63) is 28.2 Å². The Kier molecular flexibility index (Phi) is 4.66. The van der Waals surface area contributed by atoms with Gasteiger partial charge < -0.3 is 5.32 Å². The lowest BCUT2D eigenvalue weighted by Crippen LogP contribution is -2.21. The quantitative estimate of drug-likeness (QED) is 0.888. The zero-order valence-corrected chi connectivity index (χ0v) is 12.3. The van der Waals surface area contributed by atoms with Crippen molar-refractivity contribution in [2.75, 3.05) is 11.9 Å². The summed E-state index contributed by atoms with van der Waals surface area (Å²) in [5.41, 5.74) is 1.66. The molecule has 1 aliphatic carbocycles. The molecule has 96 valence electrons. The van der Waals surface area contributed by atoms with Crippen molar-refractivity contribution in [2.45, 2.75) is 32.6 Å². The fraction of sp³-hybridized carbons (Fsp3) is 0.533. The van der Waals surface area contributed by atoms with Crippen LogP contribution in [0, 0.1) is 23.2 Å². The molecule has 18 heavy (non-hydrogen) atoms. The Morgan fingerprint density at radius 1 is 1.44 bits per heavy atom. The zero-order valence-electron chi connectivity index (χ0n) is 10.7.